The summed E-state index contributed by atoms with van der Waals surface area (Å²) in [5, 5.41) is 3.48. The van der Waals surface area contributed by atoms with Crippen molar-refractivity contribution in [1.29, 1.82) is 0 Å². The van der Waals surface area contributed by atoms with Crippen LogP contribution in [0.1, 0.15) is 32.3 Å². The third-order valence-corrected chi connectivity index (χ3v) is 4.31. The normalized spacial score (nSPS) is 15.6. The number of nitrogens with zero attached hydrogens (tertiary/aromatic N) is 2. The summed E-state index contributed by atoms with van der Waals surface area (Å²) >= 11 is 0. The van der Waals surface area contributed by atoms with Crippen molar-refractivity contribution in [2.45, 2.75) is 39.2 Å². The number of para-hydroxylation sites is 1. The Kier molecular flexibility index (Phi) is 10.9. The highest BCUT2D eigenvalue weighted by Crippen LogP contribution is 2.18. The van der Waals surface area contributed by atoms with Gasteiger partial charge < -0.3 is 19.7 Å². The molecule has 142 valence electrons. The lowest BCUT2D eigenvalue weighted by Crippen LogP contribution is -2.47. The SMILES string of the molecule is CCOc1ccccc1CCNC(=NC)N1CCC(OCC)CC1.I. The summed E-state index contributed by atoms with van der Waals surface area (Å²) < 4.78 is 11.4. The molecule has 0 amide bonds. The summed E-state index contributed by atoms with van der Waals surface area (Å²) in [5.74, 6) is 1.97. The molecule has 0 spiro atoms. The number of benzene rings is 1. The first kappa shape index (κ1) is 22.0. The molecular formula is C19H32IN3O2. The van der Waals surface area contributed by atoms with Crippen LogP contribution >= 0.6 is 24.0 Å². The van der Waals surface area contributed by atoms with E-state index in [1.807, 2.05) is 26.1 Å². The molecular weight excluding hydrogens is 429 g/mol. The number of rotatable bonds is 7. The van der Waals surface area contributed by atoms with Gasteiger partial charge >= 0.3 is 0 Å². The fourth-order valence-electron chi connectivity index (χ4n) is 3.12. The molecule has 0 unspecified atom stereocenters. The molecule has 1 aliphatic heterocycles. The summed E-state index contributed by atoms with van der Waals surface area (Å²) in [5.41, 5.74) is 1.23. The summed E-state index contributed by atoms with van der Waals surface area (Å²) in [7, 11) is 1.85. The van der Waals surface area contributed by atoms with Gasteiger partial charge in [0, 0.05) is 33.3 Å². The molecule has 1 saturated heterocycles. The molecule has 0 aliphatic carbocycles. The van der Waals surface area contributed by atoms with Gasteiger partial charge in [-0.05, 0) is 44.7 Å². The van der Waals surface area contributed by atoms with Crippen molar-refractivity contribution in [2.75, 3.05) is 39.9 Å². The van der Waals surface area contributed by atoms with Crippen molar-refractivity contribution in [3.05, 3.63) is 29.8 Å². The van der Waals surface area contributed by atoms with Gasteiger partial charge in [0.15, 0.2) is 5.96 Å². The predicted octanol–water partition coefficient (Wildman–Crippen LogP) is 3.32. The summed E-state index contributed by atoms with van der Waals surface area (Å²) in [4.78, 5) is 6.76. The first-order chi connectivity index (χ1) is 11.8. The molecule has 1 aromatic carbocycles. The molecule has 0 bridgehead atoms. The zero-order chi connectivity index (χ0) is 17.2. The molecule has 1 N–H and O–H groups in total. The molecule has 0 radical (unpaired) electrons. The Morgan fingerprint density at radius 1 is 1.20 bits per heavy atom. The number of ether oxygens (including phenoxy) is 2. The van der Waals surface area contributed by atoms with Crippen LogP contribution in [0.25, 0.3) is 0 Å². The Hall–Kier alpha value is -1.02. The molecule has 5 nitrogen and oxygen atoms in total. The van der Waals surface area contributed by atoms with Gasteiger partial charge in [-0.2, -0.15) is 0 Å². The molecule has 2 rings (SSSR count). The lowest BCUT2D eigenvalue weighted by atomic mass is 10.1. The molecule has 1 aromatic rings. The Balaban J connectivity index is 0.00000312. The molecule has 1 aliphatic rings. The number of halogens is 1. The van der Waals surface area contributed by atoms with E-state index >= 15 is 0 Å². The van der Waals surface area contributed by atoms with Crippen LogP contribution in [0.4, 0.5) is 0 Å². The van der Waals surface area contributed by atoms with Crippen molar-refractivity contribution in [3.63, 3.8) is 0 Å². The fourth-order valence-corrected chi connectivity index (χ4v) is 3.12. The van der Waals surface area contributed by atoms with Gasteiger partial charge in [-0.3, -0.25) is 4.99 Å². The molecule has 0 saturated carbocycles. The highest BCUT2D eigenvalue weighted by atomic mass is 127. The van der Waals surface area contributed by atoms with Crippen LogP contribution in [-0.4, -0.2) is 56.9 Å². The number of guanidine groups is 1. The standard InChI is InChI=1S/C19H31N3O2.HI/c1-4-23-17-11-14-22(15-12-17)19(20-3)21-13-10-16-8-6-7-9-18(16)24-5-2;/h6-9,17H,4-5,10-15H2,1-3H3,(H,20,21);1H. The van der Waals surface area contributed by atoms with E-state index in [-0.39, 0.29) is 24.0 Å². The second kappa shape index (κ2) is 12.4. The van der Waals surface area contributed by atoms with E-state index in [9.17, 15) is 0 Å². The zero-order valence-corrected chi connectivity index (χ0v) is 18.0. The van der Waals surface area contributed by atoms with E-state index in [2.05, 4.69) is 34.3 Å². The first-order valence-corrected chi connectivity index (χ1v) is 9.06. The lowest BCUT2D eigenvalue weighted by Gasteiger charge is -2.34. The minimum Gasteiger partial charge on any atom is -0.494 e. The van der Waals surface area contributed by atoms with Crippen LogP contribution in [0.3, 0.4) is 0 Å². The number of nitrogens with one attached hydrogen (secondary N) is 1. The molecule has 25 heavy (non-hydrogen) atoms. The van der Waals surface area contributed by atoms with Crippen LogP contribution in [0.5, 0.6) is 5.75 Å². The maximum absolute atomic E-state index is 5.72. The fraction of sp³-hybridized carbons (Fsp3) is 0.632. The Labute approximate surface area is 169 Å². The summed E-state index contributed by atoms with van der Waals surface area (Å²) in [6.45, 7) is 8.43. The van der Waals surface area contributed by atoms with E-state index in [0.717, 1.165) is 57.2 Å². The van der Waals surface area contributed by atoms with Crippen molar-refractivity contribution in [3.8, 4) is 5.75 Å². The second-order valence-corrected chi connectivity index (χ2v) is 5.91. The van der Waals surface area contributed by atoms with Crippen LogP contribution in [0, 0.1) is 0 Å². The van der Waals surface area contributed by atoms with E-state index in [1.54, 1.807) is 0 Å². The number of likely N-dealkylation sites (tertiary alicyclic amines) is 1. The largest absolute Gasteiger partial charge is 0.494 e. The van der Waals surface area contributed by atoms with E-state index < -0.39 is 0 Å². The van der Waals surface area contributed by atoms with E-state index in [1.165, 1.54) is 5.56 Å². The maximum atomic E-state index is 5.72. The van der Waals surface area contributed by atoms with Gasteiger partial charge in [0.05, 0.1) is 12.7 Å². The highest BCUT2D eigenvalue weighted by molar-refractivity contribution is 14.0. The van der Waals surface area contributed by atoms with Gasteiger partial charge in [0.1, 0.15) is 5.75 Å². The molecule has 6 heteroatoms. The van der Waals surface area contributed by atoms with Gasteiger partial charge in [0.25, 0.3) is 0 Å². The third kappa shape index (κ3) is 7.01. The smallest absolute Gasteiger partial charge is 0.193 e. The van der Waals surface area contributed by atoms with Crippen LogP contribution < -0.4 is 10.1 Å². The van der Waals surface area contributed by atoms with Gasteiger partial charge in [-0.25, -0.2) is 0 Å². The third-order valence-electron chi connectivity index (χ3n) is 4.31. The van der Waals surface area contributed by atoms with E-state index in [0.29, 0.717) is 12.7 Å². The summed E-state index contributed by atoms with van der Waals surface area (Å²) in [6.07, 6.45) is 3.47. The number of hydrogen-bond acceptors (Lipinski definition) is 3. The predicted molar refractivity (Wildman–Crippen MR) is 114 cm³/mol. The quantitative estimate of drug-likeness (QED) is 0.385. The van der Waals surface area contributed by atoms with Crippen molar-refractivity contribution < 1.29 is 9.47 Å². The molecule has 1 fully saturated rings. The number of piperidine rings is 1. The first-order valence-electron chi connectivity index (χ1n) is 9.06. The minimum atomic E-state index is 0. The number of hydrogen-bond donors (Lipinski definition) is 1. The Morgan fingerprint density at radius 3 is 2.56 bits per heavy atom. The van der Waals surface area contributed by atoms with E-state index in [4.69, 9.17) is 9.47 Å². The summed E-state index contributed by atoms with van der Waals surface area (Å²) in [6, 6.07) is 8.24. The molecule has 0 aromatic heterocycles. The maximum Gasteiger partial charge on any atom is 0.193 e. The lowest BCUT2D eigenvalue weighted by molar-refractivity contribution is 0.0264. The Morgan fingerprint density at radius 2 is 1.92 bits per heavy atom. The van der Waals surface area contributed by atoms with Crippen LogP contribution in [-0.2, 0) is 11.2 Å². The highest BCUT2D eigenvalue weighted by Gasteiger charge is 2.21. The van der Waals surface area contributed by atoms with Gasteiger partial charge in [-0.15, -0.1) is 24.0 Å². The average molecular weight is 461 g/mol. The molecule has 0 atom stereocenters. The van der Waals surface area contributed by atoms with Gasteiger partial charge in [0.2, 0.25) is 0 Å². The molecule has 1 heterocycles. The average Bonchev–Trinajstić information content (AvgIpc) is 2.61. The van der Waals surface area contributed by atoms with Crippen molar-refractivity contribution >= 4 is 29.9 Å². The second-order valence-electron chi connectivity index (χ2n) is 5.91. The van der Waals surface area contributed by atoms with Crippen LogP contribution in [0.2, 0.25) is 0 Å². The zero-order valence-electron chi connectivity index (χ0n) is 15.7. The number of aliphatic imine (C=N–C) groups is 1. The monoisotopic (exact) mass is 461 g/mol. The minimum absolute atomic E-state index is 0. The van der Waals surface area contributed by atoms with Gasteiger partial charge in [-0.1, -0.05) is 18.2 Å². The van der Waals surface area contributed by atoms with Crippen LogP contribution in [0.15, 0.2) is 29.3 Å². The topological polar surface area (TPSA) is 46.1 Å². The Bertz CT molecular complexity index is 517. The van der Waals surface area contributed by atoms with Crippen molar-refractivity contribution in [2.24, 2.45) is 4.99 Å². The van der Waals surface area contributed by atoms with Crippen molar-refractivity contribution in [1.82, 2.24) is 10.2 Å².